The van der Waals surface area contributed by atoms with Gasteiger partial charge in [-0.3, -0.25) is 0 Å². The highest BCUT2D eigenvalue weighted by Crippen LogP contribution is 2.28. The van der Waals surface area contributed by atoms with Gasteiger partial charge in [-0.05, 0) is 30.9 Å². The van der Waals surface area contributed by atoms with E-state index in [0.717, 1.165) is 18.4 Å². The Bertz CT molecular complexity index is 211. The molecule has 1 heteroatoms. The number of hydrogen-bond donors (Lipinski definition) is 1. The van der Waals surface area contributed by atoms with Gasteiger partial charge >= 0.3 is 0 Å². The van der Waals surface area contributed by atoms with Crippen molar-refractivity contribution in [1.82, 2.24) is 0 Å². The SMILES string of the molecule is C=C1CC(O)C/C1=C/C=C\C.CC. The van der Waals surface area contributed by atoms with Crippen LogP contribution in [0.4, 0.5) is 0 Å². The third kappa shape index (κ3) is 4.09. The maximum absolute atomic E-state index is 9.24. The average Bonchev–Trinajstić information content (AvgIpc) is 2.45. The summed E-state index contributed by atoms with van der Waals surface area (Å²) in [6.45, 7) is 9.85. The summed E-state index contributed by atoms with van der Waals surface area (Å²) in [5, 5.41) is 9.24. The predicted molar refractivity (Wildman–Crippen MR) is 58.6 cm³/mol. The van der Waals surface area contributed by atoms with Gasteiger partial charge in [0.2, 0.25) is 0 Å². The minimum atomic E-state index is -0.195. The molecule has 1 N–H and O–H groups in total. The lowest BCUT2D eigenvalue weighted by Crippen LogP contribution is -1.95. The van der Waals surface area contributed by atoms with Crippen LogP contribution in [0.25, 0.3) is 0 Å². The van der Waals surface area contributed by atoms with E-state index in [0.29, 0.717) is 0 Å². The Kier molecular flexibility index (Phi) is 6.25. The van der Waals surface area contributed by atoms with Crippen LogP contribution in [-0.4, -0.2) is 11.2 Å². The Morgan fingerprint density at radius 3 is 2.38 bits per heavy atom. The van der Waals surface area contributed by atoms with Gasteiger partial charge in [0.25, 0.3) is 0 Å². The van der Waals surface area contributed by atoms with Gasteiger partial charge in [0.15, 0.2) is 0 Å². The second kappa shape index (κ2) is 6.67. The van der Waals surface area contributed by atoms with E-state index in [1.165, 1.54) is 5.57 Å². The average molecular weight is 180 g/mol. The van der Waals surface area contributed by atoms with Crippen molar-refractivity contribution < 1.29 is 5.11 Å². The smallest absolute Gasteiger partial charge is 0.0620 e. The highest BCUT2D eigenvalue weighted by atomic mass is 16.3. The van der Waals surface area contributed by atoms with Gasteiger partial charge in [-0.2, -0.15) is 0 Å². The van der Waals surface area contributed by atoms with Gasteiger partial charge in [0.05, 0.1) is 6.10 Å². The van der Waals surface area contributed by atoms with Crippen LogP contribution in [0.15, 0.2) is 36.0 Å². The van der Waals surface area contributed by atoms with Crippen molar-refractivity contribution in [2.45, 2.75) is 39.7 Å². The minimum Gasteiger partial charge on any atom is -0.392 e. The van der Waals surface area contributed by atoms with Crippen LogP contribution in [0.1, 0.15) is 33.6 Å². The van der Waals surface area contributed by atoms with Gasteiger partial charge in [0.1, 0.15) is 0 Å². The summed E-state index contributed by atoms with van der Waals surface area (Å²) < 4.78 is 0. The van der Waals surface area contributed by atoms with E-state index < -0.39 is 0 Å². The van der Waals surface area contributed by atoms with Crippen LogP contribution < -0.4 is 0 Å². The number of rotatable bonds is 1. The van der Waals surface area contributed by atoms with Crippen LogP contribution >= 0.6 is 0 Å². The van der Waals surface area contributed by atoms with Crippen molar-refractivity contribution in [2.75, 3.05) is 0 Å². The summed E-state index contributed by atoms with van der Waals surface area (Å²) in [5.41, 5.74) is 2.27. The summed E-state index contributed by atoms with van der Waals surface area (Å²) in [6.07, 6.45) is 7.30. The fraction of sp³-hybridized carbons (Fsp3) is 0.500. The summed E-state index contributed by atoms with van der Waals surface area (Å²) in [7, 11) is 0. The highest BCUT2D eigenvalue weighted by Gasteiger charge is 2.19. The topological polar surface area (TPSA) is 20.2 Å². The molecule has 0 heterocycles. The summed E-state index contributed by atoms with van der Waals surface area (Å²) in [5.74, 6) is 0. The number of hydrogen-bond acceptors (Lipinski definition) is 1. The van der Waals surface area contributed by atoms with Crippen molar-refractivity contribution in [3.63, 3.8) is 0 Å². The van der Waals surface area contributed by atoms with Crippen molar-refractivity contribution in [2.24, 2.45) is 0 Å². The normalized spacial score (nSPS) is 25.1. The maximum atomic E-state index is 9.24. The predicted octanol–water partition coefficient (Wildman–Crippen LogP) is 3.23. The minimum absolute atomic E-state index is 0.195. The molecule has 1 atom stereocenters. The maximum Gasteiger partial charge on any atom is 0.0620 e. The summed E-state index contributed by atoms with van der Waals surface area (Å²) >= 11 is 0. The molecule has 13 heavy (non-hydrogen) atoms. The van der Waals surface area contributed by atoms with E-state index in [9.17, 15) is 5.11 Å². The molecule has 1 aliphatic rings. The van der Waals surface area contributed by atoms with Crippen LogP contribution in [0.3, 0.4) is 0 Å². The summed E-state index contributed by atoms with van der Waals surface area (Å²) in [4.78, 5) is 0. The second-order valence-corrected chi connectivity index (χ2v) is 2.88. The molecule has 74 valence electrons. The Hall–Kier alpha value is -0.820. The van der Waals surface area contributed by atoms with Crippen molar-refractivity contribution in [3.05, 3.63) is 36.0 Å². The van der Waals surface area contributed by atoms with Crippen molar-refractivity contribution >= 4 is 0 Å². The van der Waals surface area contributed by atoms with Crippen LogP contribution in [-0.2, 0) is 0 Å². The van der Waals surface area contributed by atoms with Gasteiger partial charge in [-0.1, -0.05) is 38.7 Å². The summed E-state index contributed by atoms with van der Waals surface area (Å²) in [6, 6.07) is 0. The van der Waals surface area contributed by atoms with E-state index in [1.54, 1.807) is 0 Å². The molecule has 1 unspecified atom stereocenters. The molecule has 1 nitrogen and oxygen atoms in total. The van der Waals surface area contributed by atoms with E-state index >= 15 is 0 Å². The second-order valence-electron chi connectivity index (χ2n) is 2.88. The molecule has 0 saturated heterocycles. The fourth-order valence-electron chi connectivity index (χ4n) is 1.28. The fourth-order valence-corrected chi connectivity index (χ4v) is 1.28. The zero-order chi connectivity index (χ0) is 10.3. The van der Waals surface area contributed by atoms with E-state index in [-0.39, 0.29) is 6.10 Å². The van der Waals surface area contributed by atoms with Crippen LogP contribution in [0.2, 0.25) is 0 Å². The Morgan fingerprint density at radius 1 is 1.38 bits per heavy atom. The Labute approximate surface area is 81.5 Å². The quantitative estimate of drug-likeness (QED) is 0.657. The first-order valence-electron chi connectivity index (χ1n) is 4.92. The molecule has 0 amide bonds. The first kappa shape index (κ1) is 12.2. The standard InChI is InChI=1S/C10H14O.C2H6/c1-3-4-5-9-7-10(11)6-8(9)2;1-2/h3-5,10-11H,2,6-7H2,1H3;1-2H3/b4-3-,9-5-;. The van der Waals surface area contributed by atoms with Crippen molar-refractivity contribution in [1.29, 1.82) is 0 Å². The first-order chi connectivity index (χ1) is 6.24. The Morgan fingerprint density at radius 2 is 2.00 bits per heavy atom. The largest absolute Gasteiger partial charge is 0.392 e. The molecule has 0 radical (unpaired) electrons. The van der Waals surface area contributed by atoms with Crippen LogP contribution in [0, 0.1) is 0 Å². The van der Waals surface area contributed by atoms with Gasteiger partial charge in [-0.25, -0.2) is 0 Å². The zero-order valence-corrected chi connectivity index (χ0v) is 8.88. The molecule has 1 fully saturated rings. The van der Waals surface area contributed by atoms with Crippen molar-refractivity contribution in [3.8, 4) is 0 Å². The lowest BCUT2D eigenvalue weighted by atomic mass is 10.1. The monoisotopic (exact) mass is 180 g/mol. The first-order valence-corrected chi connectivity index (χ1v) is 4.92. The number of aliphatic hydroxyl groups is 1. The molecule has 1 aliphatic carbocycles. The molecule has 0 aromatic carbocycles. The third-order valence-corrected chi connectivity index (χ3v) is 1.88. The molecule has 0 spiro atoms. The molecule has 0 aliphatic heterocycles. The third-order valence-electron chi connectivity index (χ3n) is 1.88. The molecule has 0 bridgehead atoms. The van der Waals surface area contributed by atoms with Gasteiger partial charge < -0.3 is 5.11 Å². The van der Waals surface area contributed by atoms with E-state index in [2.05, 4.69) is 6.58 Å². The lowest BCUT2D eigenvalue weighted by Gasteiger charge is -1.93. The van der Waals surface area contributed by atoms with Gasteiger partial charge in [0, 0.05) is 0 Å². The Balaban J connectivity index is 0.000000671. The number of allylic oxidation sites excluding steroid dienone is 3. The number of aliphatic hydroxyl groups excluding tert-OH is 1. The zero-order valence-electron chi connectivity index (χ0n) is 8.88. The van der Waals surface area contributed by atoms with Crippen LogP contribution in [0.5, 0.6) is 0 Å². The van der Waals surface area contributed by atoms with E-state index in [4.69, 9.17) is 0 Å². The molecular formula is C12H20O. The van der Waals surface area contributed by atoms with Gasteiger partial charge in [-0.15, -0.1) is 0 Å². The molecule has 1 rings (SSSR count). The molecule has 1 saturated carbocycles. The highest BCUT2D eigenvalue weighted by molar-refractivity contribution is 5.36. The van der Waals surface area contributed by atoms with E-state index in [1.807, 2.05) is 39.0 Å². The molecule has 0 aromatic heterocycles. The lowest BCUT2D eigenvalue weighted by molar-refractivity contribution is 0.190. The molecular weight excluding hydrogens is 160 g/mol. The molecule has 0 aromatic rings.